The number of aromatic nitrogens is 3. The van der Waals surface area contributed by atoms with Crippen molar-refractivity contribution >= 4 is 23.6 Å². The van der Waals surface area contributed by atoms with Crippen molar-refractivity contribution in [1.82, 2.24) is 19.7 Å². The molecule has 8 heteroatoms. The highest BCUT2D eigenvalue weighted by Crippen LogP contribution is 2.28. The maximum absolute atomic E-state index is 13.2. The van der Waals surface area contributed by atoms with Crippen LogP contribution in [0.2, 0.25) is 0 Å². The Hall–Kier alpha value is -3.39. The number of methoxy groups -OCH3 is 1. The van der Waals surface area contributed by atoms with Crippen LogP contribution in [0.25, 0.3) is 11.4 Å². The number of allylic oxidation sites excluding steroid dienone is 1. The van der Waals surface area contributed by atoms with E-state index in [0.717, 1.165) is 28.1 Å². The third-order valence-corrected chi connectivity index (χ3v) is 6.62. The predicted molar refractivity (Wildman–Crippen MR) is 128 cm³/mol. The van der Waals surface area contributed by atoms with Crippen LogP contribution in [-0.4, -0.2) is 50.4 Å². The van der Waals surface area contributed by atoms with Gasteiger partial charge in [-0.05, 0) is 24.1 Å². The smallest absolute Gasteiger partial charge is 0.328 e. The number of carbonyl (C=O) groups is 2. The lowest BCUT2D eigenvalue weighted by molar-refractivity contribution is -0.153. The number of esters is 1. The average Bonchev–Trinajstić information content (AvgIpc) is 3.24. The van der Waals surface area contributed by atoms with Crippen molar-refractivity contribution in [3.8, 4) is 11.4 Å². The first-order valence-electron chi connectivity index (χ1n) is 10.7. The third kappa shape index (κ3) is 4.85. The lowest BCUT2D eigenvalue weighted by Crippen LogP contribution is -2.49. The van der Waals surface area contributed by atoms with Gasteiger partial charge in [-0.1, -0.05) is 65.9 Å². The van der Waals surface area contributed by atoms with Crippen molar-refractivity contribution in [3.63, 3.8) is 0 Å². The van der Waals surface area contributed by atoms with E-state index in [2.05, 4.69) is 22.8 Å². The summed E-state index contributed by atoms with van der Waals surface area (Å²) in [6.45, 7) is 6.77. The van der Waals surface area contributed by atoms with Gasteiger partial charge in [0.15, 0.2) is 11.0 Å². The average molecular weight is 463 g/mol. The molecule has 3 aromatic rings. The van der Waals surface area contributed by atoms with Gasteiger partial charge in [-0.15, -0.1) is 16.8 Å². The largest absolute Gasteiger partial charge is 0.467 e. The summed E-state index contributed by atoms with van der Waals surface area (Å²) in [5.74, 6) is 0.320. The number of benzene rings is 2. The van der Waals surface area contributed by atoms with E-state index in [0.29, 0.717) is 24.7 Å². The Bertz CT molecular complexity index is 1190. The minimum Gasteiger partial charge on any atom is -0.467 e. The SMILES string of the molecule is C=CCn1c(SCC(=O)N2Cc3ccccc3C[C@@H]2C(=O)OC)nnc1-c1cccc(C)c1. The van der Waals surface area contributed by atoms with E-state index in [1.54, 1.807) is 11.0 Å². The number of carbonyl (C=O) groups excluding carboxylic acids is 2. The van der Waals surface area contributed by atoms with Crippen molar-refractivity contribution in [3.05, 3.63) is 77.9 Å². The molecule has 7 nitrogen and oxygen atoms in total. The molecule has 170 valence electrons. The van der Waals surface area contributed by atoms with Crippen LogP contribution < -0.4 is 0 Å². The van der Waals surface area contributed by atoms with E-state index in [1.807, 2.05) is 54.0 Å². The fraction of sp³-hybridized carbons (Fsp3) is 0.280. The van der Waals surface area contributed by atoms with Gasteiger partial charge in [0.05, 0.1) is 12.9 Å². The third-order valence-electron chi connectivity index (χ3n) is 5.67. The van der Waals surface area contributed by atoms with Crippen LogP contribution in [0, 0.1) is 6.92 Å². The fourth-order valence-corrected chi connectivity index (χ4v) is 4.86. The minimum absolute atomic E-state index is 0.138. The Labute approximate surface area is 197 Å². The Morgan fingerprint density at radius 3 is 2.70 bits per heavy atom. The summed E-state index contributed by atoms with van der Waals surface area (Å²) in [4.78, 5) is 27.3. The molecular formula is C25H26N4O3S. The van der Waals surface area contributed by atoms with Gasteiger partial charge >= 0.3 is 5.97 Å². The summed E-state index contributed by atoms with van der Waals surface area (Å²) in [5, 5.41) is 9.33. The number of nitrogens with zero attached hydrogens (tertiary/aromatic N) is 4. The maximum atomic E-state index is 13.2. The zero-order chi connectivity index (χ0) is 23.4. The molecule has 0 N–H and O–H groups in total. The number of hydrogen-bond acceptors (Lipinski definition) is 6. The predicted octanol–water partition coefficient (Wildman–Crippen LogP) is 3.66. The standard InChI is InChI=1S/C25H26N4O3S/c1-4-12-28-23(19-11-7-8-17(2)13-19)26-27-25(28)33-16-22(30)29-15-20-10-6-5-9-18(20)14-21(29)24(31)32-3/h4-11,13,21H,1,12,14-16H2,2-3H3/t21-/m1/s1. The topological polar surface area (TPSA) is 77.3 Å². The molecule has 0 unspecified atom stereocenters. The molecule has 0 saturated carbocycles. The molecule has 2 aromatic carbocycles. The number of aryl methyl sites for hydroxylation is 1. The molecule has 2 heterocycles. The first-order valence-corrected chi connectivity index (χ1v) is 11.7. The van der Waals surface area contributed by atoms with Crippen molar-refractivity contribution in [1.29, 1.82) is 0 Å². The quantitative estimate of drug-likeness (QED) is 0.303. The Kier molecular flexibility index (Phi) is 6.93. The second kappa shape index (κ2) is 10.0. The molecule has 1 aliphatic heterocycles. The molecule has 4 rings (SSSR count). The van der Waals surface area contributed by atoms with E-state index < -0.39 is 12.0 Å². The molecule has 0 spiro atoms. The zero-order valence-corrected chi connectivity index (χ0v) is 19.5. The van der Waals surface area contributed by atoms with Gasteiger partial charge in [0.2, 0.25) is 5.91 Å². The highest BCUT2D eigenvalue weighted by molar-refractivity contribution is 7.99. The maximum Gasteiger partial charge on any atom is 0.328 e. The summed E-state index contributed by atoms with van der Waals surface area (Å²) >= 11 is 1.31. The minimum atomic E-state index is -0.633. The number of amides is 1. The van der Waals surface area contributed by atoms with Crippen LogP contribution in [-0.2, 0) is 33.8 Å². The van der Waals surface area contributed by atoms with E-state index in [1.165, 1.54) is 18.9 Å². The van der Waals surface area contributed by atoms with E-state index in [4.69, 9.17) is 4.74 Å². The number of thioether (sulfide) groups is 1. The molecule has 1 atom stereocenters. The molecule has 0 saturated heterocycles. The highest BCUT2D eigenvalue weighted by atomic mass is 32.2. The summed E-state index contributed by atoms with van der Waals surface area (Å²) in [5.41, 5.74) is 4.20. The van der Waals surface area contributed by atoms with Crippen molar-refractivity contribution in [2.24, 2.45) is 0 Å². The molecule has 0 fully saturated rings. The first kappa shape index (κ1) is 22.8. The van der Waals surface area contributed by atoms with Crippen LogP contribution in [0.15, 0.2) is 66.3 Å². The Morgan fingerprint density at radius 1 is 1.18 bits per heavy atom. The molecule has 1 aliphatic rings. The van der Waals surface area contributed by atoms with Gasteiger partial charge in [-0.2, -0.15) is 0 Å². The molecule has 0 bridgehead atoms. The fourth-order valence-electron chi connectivity index (χ4n) is 4.03. The van der Waals surface area contributed by atoms with Crippen molar-refractivity contribution in [2.45, 2.75) is 37.6 Å². The van der Waals surface area contributed by atoms with Crippen LogP contribution in [0.4, 0.5) is 0 Å². The lowest BCUT2D eigenvalue weighted by atomic mass is 9.94. The van der Waals surface area contributed by atoms with Crippen LogP contribution >= 0.6 is 11.8 Å². The summed E-state index contributed by atoms with van der Waals surface area (Å²) in [7, 11) is 1.35. The summed E-state index contributed by atoms with van der Waals surface area (Å²) in [6.07, 6.45) is 2.23. The number of hydrogen-bond donors (Lipinski definition) is 0. The van der Waals surface area contributed by atoms with Crippen molar-refractivity contribution in [2.75, 3.05) is 12.9 Å². The van der Waals surface area contributed by atoms with Gasteiger partial charge in [0.25, 0.3) is 0 Å². The Morgan fingerprint density at radius 2 is 1.97 bits per heavy atom. The lowest BCUT2D eigenvalue weighted by Gasteiger charge is -2.35. The van der Waals surface area contributed by atoms with E-state index in [-0.39, 0.29) is 11.7 Å². The Balaban J connectivity index is 1.54. The zero-order valence-electron chi connectivity index (χ0n) is 18.7. The molecule has 0 aliphatic carbocycles. The van der Waals surface area contributed by atoms with Gasteiger partial charge in [-0.25, -0.2) is 4.79 Å². The van der Waals surface area contributed by atoms with Crippen LogP contribution in [0.1, 0.15) is 16.7 Å². The second-order valence-corrected chi connectivity index (χ2v) is 8.84. The molecule has 1 aromatic heterocycles. The monoisotopic (exact) mass is 462 g/mol. The molecule has 1 amide bonds. The van der Waals surface area contributed by atoms with E-state index >= 15 is 0 Å². The molecular weight excluding hydrogens is 436 g/mol. The van der Waals surface area contributed by atoms with E-state index in [9.17, 15) is 9.59 Å². The van der Waals surface area contributed by atoms with Gasteiger partial charge < -0.3 is 9.64 Å². The molecule has 0 radical (unpaired) electrons. The highest BCUT2D eigenvalue weighted by Gasteiger charge is 2.35. The number of fused-ring (bicyclic) bond motifs is 1. The number of ether oxygens (including phenoxy) is 1. The number of rotatable bonds is 7. The summed E-state index contributed by atoms with van der Waals surface area (Å²) in [6, 6.07) is 15.3. The van der Waals surface area contributed by atoms with Gasteiger partial charge in [0.1, 0.15) is 6.04 Å². The molecule has 33 heavy (non-hydrogen) atoms. The summed E-state index contributed by atoms with van der Waals surface area (Å²) < 4.78 is 6.93. The van der Waals surface area contributed by atoms with Crippen LogP contribution in [0.3, 0.4) is 0 Å². The van der Waals surface area contributed by atoms with Gasteiger partial charge in [0, 0.05) is 25.1 Å². The van der Waals surface area contributed by atoms with Crippen LogP contribution in [0.5, 0.6) is 0 Å². The first-order chi connectivity index (χ1) is 16.0. The second-order valence-electron chi connectivity index (χ2n) is 7.90. The normalized spacial score (nSPS) is 15.1. The van der Waals surface area contributed by atoms with Crippen molar-refractivity contribution < 1.29 is 14.3 Å². The van der Waals surface area contributed by atoms with Gasteiger partial charge in [-0.3, -0.25) is 9.36 Å².